The third-order valence-electron chi connectivity index (χ3n) is 2.03. The van der Waals surface area contributed by atoms with Crippen LogP contribution in [0.4, 0.5) is 0 Å². The topological polar surface area (TPSA) is 55.6 Å². The Morgan fingerprint density at radius 1 is 1.53 bits per heavy atom. The average Bonchev–Trinajstić information content (AvgIpc) is 2.59. The van der Waals surface area contributed by atoms with E-state index in [0.29, 0.717) is 5.25 Å². The molecule has 6 heteroatoms. The van der Waals surface area contributed by atoms with Crippen molar-refractivity contribution in [1.82, 2.24) is 25.5 Å². The third kappa shape index (κ3) is 4.61. The molecule has 0 aliphatic carbocycles. The van der Waals surface area contributed by atoms with Gasteiger partial charge in [0.15, 0.2) is 0 Å². The lowest BCUT2D eigenvalue weighted by atomic mass is 10.3. The molecule has 86 valence electrons. The molecule has 0 aliphatic rings. The summed E-state index contributed by atoms with van der Waals surface area (Å²) in [5.74, 6) is 0. The lowest BCUT2D eigenvalue weighted by molar-refractivity contribution is 0.633. The summed E-state index contributed by atoms with van der Waals surface area (Å²) in [4.78, 5) is 0. The molecule has 0 aromatic carbocycles. The summed E-state index contributed by atoms with van der Waals surface area (Å²) < 4.78 is 1.70. The Kier molecular flexibility index (Phi) is 5.63. The van der Waals surface area contributed by atoms with Crippen molar-refractivity contribution in [3.8, 4) is 0 Å². The number of aromatic nitrogens is 4. The summed E-state index contributed by atoms with van der Waals surface area (Å²) in [6.45, 7) is 6.47. The maximum absolute atomic E-state index is 3.94. The van der Waals surface area contributed by atoms with Crippen LogP contribution in [0.1, 0.15) is 26.7 Å². The van der Waals surface area contributed by atoms with Crippen LogP contribution in [0.15, 0.2) is 5.16 Å². The van der Waals surface area contributed by atoms with Crippen molar-refractivity contribution in [1.29, 1.82) is 0 Å². The molecule has 15 heavy (non-hydrogen) atoms. The molecule has 0 amide bonds. The molecule has 5 nitrogen and oxygen atoms in total. The van der Waals surface area contributed by atoms with Crippen LogP contribution in [-0.4, -0.2) is 38.5 Å². The average molecular weight is 229 g/mol. The lowest BCUT2D eigenvalue weighted by Gasteiger charge is -2.10. The van der Waals surface area contributed by atoms with Crippen molar-refractivity contribution >= 4 is 11.8 Å². The number of rotatable bonds is 7. The predicted molar refractivity (Wildman–Crippen MR) is 61.9 cm³/mol. The first-order valence-electron chi connectivity index (χ1n) is 5.33. The van der Waals surface area contributed by atoms with Crippen LogP contribution in [0.3, 0.4) is 0 Å². The first kappa shape index (κ1) is 12.4. The summed E-state index contributed by atoms with van der Waals surface area (Å²) in [7, 11) is 1.86. The molecule has 0 aliphatic heterocycles. The molecule has 0 saturated heterocycles. The van der Waals surface area contributed by atoms with E-state index in [1.54, 1.807) is 16.4 Å². The second-order valence-electron chi connectivity index (χ2n) is 3.57. The van der Waals surface area contributed by atoms with Crippen molar-refractivity contribution in [2.75, 3.05) is 13.1 Å². The molecular weight excluding hydrogens is 210 g/mol. The highest BCUT2D eigenvalue weighted by molar-refractivity contribution is 7.99. The van der Waals surface area contributed by atoms with Crippen LogP contribution in [0, 0.1) is 0 Å². The molecule has 1 atom stereocenters. The van der Waals surface area contributed by atoms with Gasteiger partial charge in [-0.1, -0.05) is 32.0 Å². The Balaban J connectivity index is 2.18. The highest BCUT2D eigenvalue weighted by Gasteiger charge is 2.08. The first-order valence-corrected chi connectivity index (χ1v) is 6.21. The molecule has 0 bridgehead atoms. The van der Waals surface area contributed by atoms with Crippen LogP contribution >= 0.6 is 11.8 Å². The minimum atomic E-state index is 0.492. The van der Waals surface area contributed by atoms with Gasteiger partial charge in [-0.25, -0.2) is 4.68 Å². The fraction of sp³-hybridized carbons (Fsp3) is 0.889. The SMILES string of the molecule is CCCCNCC(C)Sc1nnnn1C. The number of nitrogens with one attached hydrogen (secondary N) is 1. The van der Waals surface area contributed by atoms with Crippen molar-refractivity contribution in [2.24, 2.45) is 7.05 Å². The molecule has 1 N–H and O–H groups in total. The van der Waals surface area contributed by atoms with Gasteiger partial charge in [0.2, 0.25) is 5.16 Å². The zero-order chi connectivity index (χ0) is 11.1. The van der Waals surface area contributed by atoms with Gasteiger partial charge in [-0.3, -0.25) is 0 Å². The van der Waals surface area contributed by atoms with E-state index in [2.05, 4.69) is 34.7 Å². The maximum Gasteiger partial charge on any atom is 0.209 e. The van der Waals surface area contributed by atoms with Gasteiger partial charge in [-0.05, 0) is 23.4 Å². The largest absolute Gasteiger partial charge is 0.316 e. The molecule has 0 radical (unpaired) electrons. The Morgan fingerprint density at radius 2 is 2.33 bits per heavy atom. The Hall–Kier alpha value is -0.620. The summed E-state index contributed by atoms with van der Waals surface area (Å²) in [5.41, 5.74) is 0. The number of aryl methyl sites for hydroxylation is 1. The summed E-state index contributed by atoms with van der Waals surface area (Å²) >= 11 is 1.70. The number of hydrogen-bond acceptors (Lipinski definition) is 5. The van der Waals surface area contributed by atoms with Gasteiger partial charge in [0, 0.05) is 18.8 Å². The molecule has 1 heterocycles. The van der Waals surface area contributed by atoms with Crippen LogP contribution in [0.2, 0.25) is 0 Å². The fourth-order valence-electron chi connectivity index (χ4n) is 1.15. The lowest BCUT2D eigenvalue weighted by Crippen LogP contribution is -2.23. The van der Waals surface area contributed by atoms with Crippen molar-refractivity contribution < 1.29 is 0 Å². The standard InChI is InChI=1S/C9H19N5S/c1-4-5-6-10-7-8(2)15-9-11-12-13-14(9)3/h8,10H,4-7H2,1-3H3. The number of tetrazole rings is 1. The molecule has 1 aromatic rings. The van der Waals surface area contributed by atoms with Gasteiger partial charge < -0.3 is 5.32 Å². The van der Waals surface area contributed by atoms with Gasteiger partial charge in [0.05, 0.1) is 0 Å². The molecule has 0 spiro atoms. The summed E-state index contributed by atoms with van der Waals surface area (Å²) in [5, 5.41) is 16.1. The first-order chi connectivity index (χ1) is 7.24. The normalized spacial score (nSPS) is 13.0. The molecule has 1 unspecified atom stereocenters. The number of hydrogen-bond donors (Lipinski definition) is 1. The molecule has 0 saturated carbocycles. The Bertz CT molecular complexity index is 275. The van der Waals surface area contributed by atoms with Crippen molar-refractivity contribution in [3.05, 3.63) is 0 Å². The van der Waals surface area contributed by atoms with Crippen LogP contribution in [0.25, 0.3) is 0 Å². The smallest absolute Gasteiger partial charge is 0.209 e. The Morgan fingerprint density at radius 3 is 2.93 bits per heavy atom. The Labute approximate surface area is 95.0 Å². The van der Waals surface area contributed by atoms with Crippen LogP contribution < -0.4 is 5.32 Å². The highest BCUT2D eigenvalue weighted by Crippen LogP contribution is 2.18. The van der Waals surface area contributed by atoms with E-state index in [9.17, 15) is 0 Å². The van der Waals surface area contributed by atoms with Gasteiger partial charge >= 0.3 is 0 Å². The maximum atomic E-state index is 3.94. The monoisotopic (exact) mass is 229 g/mol. The zero-order valence-corrected chi connectivity index (χ0v) is 10.4. The summed E-state index contributed by atoms with van der Waals surface area (Å²) in [6.07, 6.45) is 2.48. The van der Waals surface area contributed by atoms with E-state index < -0.39 is 0 Å². The predicted octanol–water partition coefficient (Wildman–Crippen LogP) is 1.08. The number of nitrogens with zero attached hydrogens (tertiary/aromatic N) is 4. The van der Waals surface area contributed by atoms with Gasteiger partial charge in [0.25, 0.3) is 0 Å². The minimum absolute atomic E-state index is 0.492. The summed E-state index contributed by atoms with van der Waals surface area (Å²) in [6, 6.07) is 0. The van der Waals surface area contributed by atoms with E-state index in [-0.39, 0.29) is 0 Å². The van der Waals surface area contributed by atoms with E-state index in [0.717, 1.165) is 18.2 Å². The number of thioether (sulfide) groups is 1. The van der Waals surface area contributed by atoms with E-state index in [1.165, 1.54) is 12.8 Å². The van der Waals surface area contributed by atoms with Crippen LogP contribution in [0.5, 0.6) is 0 Å². The number of unbranched alkanes of at least 4 members (excludes halogenated alkanes) is 1. The highest BCUT2D eigenvalue weighted by atomic mass is 32.2. The zero-order valence-electron chi connectivity index (χ0n) is 9.60. The molecule has 0 fully saturated rings. The third-order valence-corrected chi connectivity index (χ3v) is 3.15. The van der Waals surface area contributed by atoms with E-state index in [1.807, 2.05) is 7.05 Å². The molecular formula is C9H19N5S. The van der Waals surface area contributed by atoms with Gasteiger partial charge in [-0.15, -0.1) is 5.10 Å². The fourth-order valence-corrected chi connectivity index (χ4v) is 1.98. The minimum Gasteiger partial charge on any atom is -0.316 e. The van der Waals surface area contributed by atoms with Crippen molar-refractivity contribution in [3.63, 3.8) is 0 Å². The second kappa shape index (κ2) is 6.79. The quantitative estimate of drug-likeness (QED) is 0.560. The van der Waals surface area contributed by atoms with E-state index in [4.69, 9.17) is 0 Å². The molecule has 1 rings (SSSR count). The second-order valence-corrected chi connectivity index (χ2v) is 4.98. The van der Waals surface area contributed by atoms with Crippen molar-refractivity contribution in [2.45, 2.75) is 37.1 Å². The molecule has 1 aromatic heterocycles. The van der Waals surface area contributed by atoms with Crippen LogP contribution in [-0.2, 0) is 7.05 Å². The van der Waals surface area contributed by atoms with E-state index >= 15 is 0 Å². The van der Waals surface area contributed by atoms with Gasteiger partial charge in [-0.2, -0.15) is 0 Å². The van der Waals surface area contributed by atoms with Gasteiger partial charge in [0.1, 0.15) is 0 Å².